The largest absolute Gasteiger partial charge is 0.355 e. The highest BCUT2D eigenvalue weighted by molar-refractivity contribution is 5.83. The van der Waals surface area contributed by atoms with Gasteiger partial charge in [-0.15, -0.1) is 0 Å². The fourth-order valence-electron chi connectivity index (χ4n) is 2.12. The topological polar surface area (TPSA) is 70.2 Å². The number of amides is 3. The van der Waals surface area contributed by atoms with Crippen LogP contribution in [0.3, 0.4) is 0 Å². The predicted molar refractivity (Wildman–Crippen MR) is 84.1 cm³/mol. The monoisotopic (exact) mass is 291 g/mol. The van der Waals surface area contributed by atoms with E-state index in [4.69, 9.17) is 0 Å². The molecule has 0 aliphatic heterocycles. The van der Waals surface area contributed by atoms with E-state index in [1.54, 1.807) is 0 Å². The van der Waals surface area contributed by atoms with Crippen LogP contribution in [0.4, 0.5) is 4.79 Å². The third-order valence-corrected chi connectivity index (χ3v) is 3.30. The Balaban J connectivity index is 2.44. The molecule has 1 aromatic carbocycles. The van der Waals surface area contributed by atoms with Gasteiger partial charge < -0.3 is 16.0 Å². The van der Waals surface area contributed by atoms with Gasteiger partial charge in [0.25, 0.3) is 0 Å². The van der Waals surface area contributed by atoms with Crippen LogP contribution in [0.5, 0.6) is 0 Å². The van der Waals surface area contributed by atoms with Gasteiger partial charge in [-0.3, -0.25) is 4.79 Å². The second kappa shape index (κ2) is 9.00. The summed E-state index contributed by atoms with van der Waals surface area (Å²) in [5.41, 5.74) is 1.21. The molecule has 1 atom stereocenters. The number of carbonyl (C=O) groups excluding carboxylic acids is 2. The summed E-state index contributed by atoms with van der Waals surface area (Å²) in [6.07, 6.45) is 0. The normalized spacial score (nSPS) is 11.8. The summed E-state index contributed by atoms with van der Waals surface area (Å²) in [7, 11) is 0. The molecule has 21 heavy (non-hydrogen) atoms. The average Bonchev–Trinajstić information content (AvgIpc) is 2.46. The van der Waals surface area contributed by atoms with E-state index in [1.807, 2.05) is 25.1 Å². The molecule has 0 heterocycles. The van der Waals surface area contributed by atoms with E-state index in [1.165, 1.54) is 5.56 Å². The Kier molecular flexibility index (Phi) is 7.29. The Hall–Kier alpha value is -2.04. The Morgan fingerprint density at radius 2 is 1.71 bits per heavy atom. The van der Waals surface area contributed by atoms with Crippen molar-refractivity contribution in [3.63, 3.8) is 0 Å². The minimum Gasteiger partial charge on any atom is -0.355 e. The van der Waals surface area contributed by atoms with E-state index in [-0.39, 0.29) is 24.4 Å². The first-order valence-corrected chi connectivity index (χ1v) is 7.38. The maximum absolute atomic E-state index is 11.7. The standard InChI is InChI=1S/C16H25N3O2/c1-4-17-15(20)11-19-16(21)18-10-14(12(2)3)13-8-6-5-7-9-13/h5-9,12,14H,4,10-11H2,1-3H3,(H,17,20)(H2,18,19,21). The lowest BCUT2D eigenvalue weighted by Gasteiger charge is -2.22. The van der Waals surface area contributed by atoms with E-state index in [2.05, 4.69) is 41.9 Å². The van der Waals surface area contributed by atoms with E-state index in [9.17, 15) is 9.59 Å². The lowest BCUT2D eigenvalue weighted by atomic mass is 9.88. The highest BCUT2D eigenvalue weighted by Gasteiger charge is 2.16. The van der Waals surface area contributed by atoms with Crippen molar-refractivity contribution in [2.45, 2.75) is 26.7 Å². The molecule has 0 aromatic heterocycles. The van der Waals surface area contributed by atoms with Crippen molar-refractivity contribution in [3.8, 4) is 0 Å². The van der Waals surface area contributed by atoms with Crippen molar-refractivity contribution in [1.29, 1.82) is 0 Å². The third-order valence-electron chi connectivity index (χ3n) is 3.30. The number of hydrogen-bond donors (Lipinski definition) is 3. The van der Waals surface area contributed by atoms with Crippen LogP contribution in [0.1, 0.15) is 32.3 Å². The smallest absolute Gasteiger partial charge is 0.315 e. The van der Waals surface area contributed by atoms with E-state index >= 15 is 0 Å². The minimum atomic E-state index is -0.317. The van der Waals surface area contributed by atoms with Gasteiger partial charge in [-0.2, -0.15) is 0 Å². The second-order valence-corrected chi connectivity index (χ2v) is 5.28. The molecule has 5 heteroatoms. The predicted octanol–water partition coefficient (Wildman–Crippen LogP) is 1.86. The first-order chi connectivity index (χ1) is 10.0. The molecule has 0 saturated heterocycles. The van der Waals surface area contributed by atoms with Crippen LogP contribution in [-0.4, -0.2) is 31.6 Å². The van der Waals surface area contributed by atoms with Crippen LogP contribution in [0.25, 0.3) is 0 Å². The summed E-state index contributed by atoms with van der Waals surface area (Å²) in [5.74, 6) is 0.480. The number of carbonyl (C=O) groups is 2. The lowest BCUT2D eigenvalue weighted by molar-refractivity contribution is -0.119. The Labute approximate surface area is 126 Å². The van der Waals surface area contributed by atoms with Crippen LogP contribution in [0.15, 0.2) is 30.3 Å². The van der Waals surface area contributed by atoms with Gasteiger partial charge in [-0.25, -0.2) is 4.79 Å². The molecule has 0 bridgehead atoms. The van der Waals surface area contributed by atoms with E-state index in [0.717, 1.165) is 0 Å². The molecule has 5 nitrogen and oxygen atoms in total. The van der Waals surface area contributed by atoms with Gasteiger partial charge in [0.05, 0.1) is 6.54 Å². The highest BCUT2D eigenvalue weighted by atomic mass is 16.2. The molecule has 0 fully saturated rings. The fraction of sp³-hybridized carbons (Fsp3) is 0.500. The van der Waals surface area contributed by atoms with Crippen molar-refractivity contribution in [3.05, 3.63) is 35.9 Å². The van der Waals surface area contributed by atoms with Crippen LogP contribution in [0.2, 0.25) is 0 Å². The number of nitrogens with one attached hydrogen (secondary N) is 3. The van der Waals surface area contributed by atoms with Crippen molar-refractivity contribution in [2.75, 3.05) is 19.6 Å². The molecular formula is C16H25N3O2. The van der Waals surface area contributed by atoms with Crippen molar-refractivity contribution in [1.82, 2.24) is 16.0 Å². The van der Waals surface area contributed by atoms with Gasteiger partial charge in [0.2, 0.25) is 5.91 Å². The quantitative estimate of drug-likeness (QED) is 0.717. The molecule has 116 valence electrons. The SMILES string of the molecule is CCNC(=O)CNC(=O)NCC(c1ccccc1)C(C)C. The molecule has 3 N–H and O–H groups in total. The maximum atomic E-state index is 11.7. The van der Waals surface area contributed by atoms with Gasteiger partial charge >= 0.3 is 6.03 Å². The number of likely N-dealkylation sites (N-methyl/N-ethyl adjacent to an activating group) is 1. The molecule has 1 unspecified atom stereocenters. The van der Waals surface area contributed by atoms with Gasteiger partial charge in [0.15, 0.2) is 0 Å². The zero-order valence-electron chi connectivity index (χ0n) is 13.0. The summed E-state index contributed by atoms with van der Waals surface area (Å²) in [4.78, 5) is 23.0. The van der Waals surface area contributed by atoms with E-state index in [0.29, 0.717) is 19.0 Å². The van der Waals surface area contributed by atoms with Crippen molar-refractivity contribution >= 4 is 11.9 Å². The van der Waals surface area contributed by atoms with Gasteiger partial charge in [-0.05, 0) is 18.4 Å². The first kappa shape index (κ1) is 17.0. The summed E-state index contributed by atoms with van der Waals surface area (Å²) in [5, 5.41) is 8.01. The zero-order chi connectivity index (χ0) is 15.7. The summed E-state index contributed by atoms with van der Waals surface area (Å²) >= 11 is 0. The average molecular weight is 291 g/mol. The maximum Gasteiger partial charge on any atom is 0.315 e. The Morgan fingerprint density at radius 1 is 1.05 bits per heavy atom. The Morgan fingerprint density at radius 3 is 2.29 bits per heavy atom. The Bertz CT molecular complexity index is 446. The number of urea groups is 1. The minimum absolute atomic E-state index is 0.00262. The molecular weight excluding hydrogens is 266 g/mol. The third kappa shape index (κ3) is 6.29. The number of rotatable bonds is 7. The zero-order valence-corrected chi connectivity index (χ0v) is 13.0. The summed E-state index contributed by atoms with van der Waals surface area (Å²) in [6.45, 7) is 7.20. The van der Waals surface area contributed by atoms with Crippen LogP contribution in [-0.2, 0) is 4.79 Å². The summed E-state index contributed by atoms with van der Waals surface area (Å²) in [6, 6.07) is 9.80. The van der Waals surface area contributed by atoms with Gasteiger partial charge in [0, 0.05) is 19.0 Å². The molecule has 0 aliphatic rings. The van der Waals surface area contributed by atoms with Crippen molar-refractivity contribution < 1.29 is 9.59 Å². The molecule has 1 aromatic rings. The number of hydrogen-bond acceptors (Lipinski definition) is 2. The number of benzene rings is 1. The molecule has 0 spiro atoms. The van der Waals surface area contributed by atoms with E-state index < -0.39 is 0 Å². The van der Waals surface area contributed by atoms with Gasteiger partial charge in [0.1, 0.15) is 0 Å². The fourth-order valence-corrected chi connectivity index (χ4v) is 2.12. The van der Waals surface area contributed by atoms with Crippen molar-refractivity contribution in [2.24, 2.45) is 5.92 Å². The molecule has 0 aliphatic carbocycles. The molecule has 0 radical (unpaired) electrons. The summed E-state index contributed by atoms with van der Waals surface area (Å²) < 4.78 is 0. The second-order valence-electron chi connectivity index (χ2n) is 5.28. The molecule has 0 saturated carbocycles. The van der Waals surface area contributed by atoms with Gasteiger partial charge in [-0.1, -0.05) is 44.2 Å². The first-order valence-electron chi connectivity index (χ1n) is 7.38. The van der Waals surface area contributed by atoms with Crippen LogP contribution in [0, 0.1) is 5.92 Å². The molecule has 1 rings (SSSR count). The molecule has 3 amide bonds. The van der Waals surface area contributed by atoms with Crippen LogP contribution < -0.4 is 16.0 Å². The lowest BCUT2D eigenvalue weighted by Crippen LogP contribution is -2.43. The van der Waals surface area contributed by atoms with Crippen LogP contribution >= 0.6 is 0 Å². The highest BCUT2D eigenvalue weighted by Crippen LogP contribution is 2.23.